The molecule has 3 rings (SSSR count). The average molecular weight is 416 g/mol. The van der Waals surface area contributed by atoms with Gasteiger partial charge in [-0.15, -0.1) is 10.2 Å². The number of carbonyl (C=O) groups is 2. The first-order valence-electron chi connectivity index (χ1n) is 8.88. The Morgan fingerprint density at radius 1 is 1.21 bits per heavy atom. The number of thioether (sulfide) groups is 1. The fourth-order valence-electron chi connectivity index (χ4n) is 3.09. The Kier molecular flexibility index (Phi) is 5.88. The van der Waals surface area contributed by atoms with Crippen LogP contribution in [-0.2, 0) is 11.8 Å². The maximum absolute atomic E-state index is 13.1. The van der Waals surface area contributed by atoms with E-state index in [2.05, 4.69) is 15.2 Å². The van der Waals surface area contributed by atoms with Gasteiger partial charge in [-0.05, 0) is 50.6 Å². The van der Waals surface area contributed by atoms with Crippen LogP contribution in [0.2, 0.25) is 0 Å². The summed E-state index contributed by atoms with van der Waals surface area (Å²) in [5.41, 5.74) is 2.64. The van der Waals surface area contributed by atoms with E-state index < -0.39 is 11.2 Å². The number of hydrogen-bond donors (Lipinski definition) is 1. The van der Waals surface area contributed by atoms with Crippen molar-refractivity contribution in [3.63, 3.8) is 0 Å². The number of ketones is 1. The number of aromatic nitrogens is 4. The number of H-pyrrole nitrogens is 1. The molecule has 0 unspecified atom stereocenters. The Hall–Kier alpha value is -2.94. The van der Waals surface area contributed by atoms with E-state index in [0.29, 0.717) is 33.5 Å². The van der Waals surface area contributed by atoms with Gasteiger partial charge in [0.15, 0.2) is 16.8 Å². The van der Waals surface area contributed by atoms with E-state index >= 15 is 0 Å². The molecule has 0 bridgehead atoms. The van der Waals surface area contributed by atoms with E-state index in [1.165, 1.54) is 31.0 Å². The van der Waals surface area contributed by atoms with Gasteiger partial charge < -0.3 is 14.3 Å². The number of hydrogen-bond acceptors (Lipinski definition) is 6. The minimum atomic E-state index is -0.479. The molecule has 9 heteroatoms. The number of nitrogens with one attached hydrogen (secondary N) is 1. The summed E-state index contributed by atoms with van der Waals surface area (Å²) in [6.07, 6.45) is 0. The predicted octanol–water partition coefficient (Wildman–Crippen LogP) is 3.72. The van der Waals surface area contributed by atoms with Crippen LogP contribution in [0, 0.1) is 19.7 Å². The largest absolute Gasteiger partial charge is 0.465 e. The van der Waals surface area contributed by atoms with Gasteiger partial charge in [-0.25, -0.2) is 9.18 Å². The monoisotopic (exact) mass is 416 g/mol. The molecule has 1 N–H and O–H groups in total. The molecule has 3 aromatic rings. The van der Waals surface area contributed by atoms with E-state index in [1.807, 2.05) is 0 Å². The number of methoxy groups -OCH3 is 1. The number of ether oxygens (including phenoxy) is 1. The number of aryl methyl sites for hydroxylation is 1. The highest BCUT2D eigenvalue weighted by molar-refractivity contribution is 8.00. The van der Waals surface area contributed by atoms with E-state index in [9.17, 15) is 14.0 Å². The zero-order chi connectivity index (χ0) is 21.3. The van der Waals surface area contributed by atoms with Gasteiger partial charge in [0.1, 0.15) is 5.82 Å². The number of nitrogens with zero attached hydrogens (tertiary/aromatic N) is 3. The van der Waals surface area contributed by atoms with Crippen LogP contribution >= 0.6 is 11.8 Å². The molecule has 7 nitrogen and oxygen atoms in total. The number of halogens is 1. The quantitative estimate of drug-likeness (QED) is 0.374. The third-order valence-corrected chi connectivity index (χ3v) is 5.80. The Labute approximate surface area is 171 Å². The van der Waals surface area contributed by atoms with Gasteiger partial charge in [-0.3, -0.25) is 4.79 Å². The summed E-state index contributed by atoms with van der Waals surface area (Å²) >= 11 is 1.26. The molecule has 1 atom stereocenters. The molecule has 0 aliphatic rings. The number of rotatable bonds is 6. The average Bonchev–Trinajstić information content (AvgIpc) is 3.20. The molecule has 0 radical (unpaired) electrons. The number of Topliss-reactive ketones (excluding diaryl/α,β-unsaturated/α-hetero) is 1. The molecule has 0 saturated heterocycles. The number of benzene rings is 1. The van der Waals surface area contributed by atoms with Crippen molar-refractivity contribution in [1.29, 1.82) is 0 Å². The van der Waals surface area contributed by atoms with Gasteiger partial charge in [0.05, 0.1) is 23.6 Å². The molecule has 0 fully saturated rings. The lowest BCUT2D eigenvalue weighted by Crippen LogP contribution is -2.16. The van der Waals surface area contributed by atoms with Crippen LogP contribution < -0.4 is 0 Å². The van der Waals surface area contributed by atoms with Crippen molar-refractivity contribution in [2.75, 3.05) is 7.11 Å². The normalized spacial score (nSPS) is 12.1. The minimum Gasteiger partial charge on any atom is -0.465 e. The molecule has 2 aromatic heterocycles. The van der Waals surface area contributed by atoms with Gasteiger partial charge in [0.25, 0.3) is 0 Å². The Morgan fingerprint density at radius 3 is 2.48 bits per heavy atom. The molecule has 0 aliphatic carbocycles. The summed E-state index contributed by atoms with van der Waals surface area (Å²) in [4.78, 5) is 27.9. The second-order valence-corrected chi connectivity index (χ2v) is 7.92. The summed E-state index contributed by atoms with van der Waals surface area (Å²) in [6.45, 7) is 5.22. The summed E-state index contributed by atoms with van der Waals surface area (Å²) in [7, 11) is 3.10. The fourth-order valence-corrected chi connectivity index (χ4v) is 3.96. The second kappa shape index (κ2) is 8.20. The molecule has 2 heterocycles. The van der Waals surface area contributed by atoms with Crippen molar-refractivity contribution in [3.05, 3.63) is 52.6 Å². The van der Waals surface area contributed by atoms with Crippen LogP contribution in [0.1, 0.15) is 39.0 Å². The van der Waals surface area contributed by atoms with Crippen LogP contribution in [0.4, 0.5) is 4.39 Å². The smallest absolute Gasteiger partial charge is 0.339 e. The van der Waals surface area contributed by atoms with Crippen molar-refractivity contribution < 1.29 is 18.7 Å². The Morgan fingerprint density at radius 2 is 1.86 bits per heavy atom. The standard InChI is InChI=1S/C20H21FN4O3S/c1-10-15(19(27)28-5)11(2)22-16(10)17(26)12(3)29-20-24-23-18(25(20)4)13-6-8-14(21)9-7-13/h6-9,12,22H,1-5H3/t12-/m0/s1. The maximum Gasteiger partial charge on any atom is 0.339 e. The van der Waals surface area contributed by atoms with E-state index in [1.54, 1.807) is 44.5 Å². The number of esters is 1. The maximum atomic E-state index is 13.1. The summed E-state index contributed by atoms with van der Waals surface area (Å²) in [5, 5.41) is 8.41. The topological polar surface area (TPSA) is 89.9 Å². The molecular formula is C20H21FN4O3S. The summed E-state index contributed by atoms with van der Waals surface area (Å²) in [5.74, 6) is -0.385. The summed E-state index contributed by atoms with van der Waals surface area (Å²) < 4.78 is 19.7. The third kappa shape index (κ3) is 3.95. The Balaban J connectivity index is 1.82. The number of carbonyl (C=O) groups excluding carboxylic acids is 2. The molecular weight excluding hydrogens is 395 g/mol. The third-order valence-electron chi connectivity index (χ3n) is 4.66. The SMILES string of the molecule is COC(=O)c1c(C)[nH]c(C(=O)[C@H](C)Sc2nnc(-c3ccc(F)cc3)n2C)c1C. The zero-order valence-electron chi connectivity index (χ0n) is 16.7. The number of aromatic amines is 1. The first kappa shape index (κ1) is 20.8. The van der Waals surface area contributed by atoms with Gasteiger partial charge in [-0.1, -0.05) is 11.8 Å². The van der Waals surface area contributed by atoms with Gasteiger partial charge in [-0.2, -0.15) is 0 Å². The molecule has 0 aliphatic heterocycles. The zero-order valence-corrected chi connectivity index (χ0v) is 17.6. The molecule has 0 saturated carbocycles. The van der Waals surface area contributed by atoms with Gasteiger partial charge in [0.2, 0.25) is 0 Å². The van der Waals surface area contributed by atoms with E-state index in [4.69, 9.17) is 4.74 Å². The first-order chi connectivity index (χ1) is 13.7. The summed E-state index contributed by atoms with van der Waals surface area (Å²) in [6, 6.07) is 5.97. The van der Waals surface area contributed by atoms with Crippen LogP contribution in [-0.4, -0.2) is 43.9 Å². The van der Waals surface area contributed by atoms with Gasteiger partial charge >= 0.3 is 5.97 Å². The van der Waals surface area contributed by atoms with Crippen LogP contribution in [0.15, 0.2) is 29.4 Å². The second-order valence-electron chi connectivity index (χ2n) is 6.61. The molecule has 29 heavy (non-hydrogen) atoms. The van der Waals surface area contributed by atoms with E-state index in [0.717, 1.165) is 5.56 Å². The molecule has 0 amide bonds. The molecule has 0 spiro atoms. The van der Waals surface area contributed by atoms with Crippen molar-refractivity contribution in [2.45, 2.75) is 31.2 Å². The van der Waals surface area contributed by atoms with Gasteiger partial charge in [0, 0.05) is 18.3 Å². The van der Waals surface area contributed by atoms with Crippen molar-refractivity contribution in [1.82, 2.24) is 19.7 Å². The predicted molar refractivity (Wildman–Crippen MR) is 108 cm³/mol. The molecule has 152 valence electrons. The lowest BCUT2D eigenvalue weighted by atomic mass is 10.1. The Bertz CT molecular complexity index is 1070. The lowest BCUT2D eigenvalue weighted by molar-refractivity contribution is 0.0599. The molecule has 1 aromatic carbocycles. The minimum absolute atomic E-state index is 0.155. The van der Waals surface area contributed by atoms with Crippen molar-refractivity contribution in [3.8, 4) is 11.4 Å². The van der Waals surface area contributed by atoms with Crippen LogP contribution in [0.5, 0.6) is 0 Å². The van der Waals surface area contributed by atoms with Crippen LogP contribution in [0.25, 0.3) is 11.4 Å². The highest BCUT2D eigenvalue weighted by Gasteiger charge is 2.27. The first-order valence-corrected chi connectivity index (χ1v) is 9.76. The van der Waals surface area contributed by atoms with Crippen molar-refractivity contribution in [2.24, 2.45) is 7.05 Å². The fraction of sp³-hybridized carbons (Fsp3) is 0.300. The lowest BCUT2D eigenvalue weighted by Gasteiger charge is -2.10. The van der Waals surface area contributed by atoms with Crippen LogP contribution in [0.3, 0.4) is 0 Å². The highest BCUT2D eigenvalue weighted by atomic mass is 32.2. The van der Waals surface area contributed by atoms with Crippen molar-refractivity contribution >= 4 is 23.5 Å². The highest BCUT2D eigenvalue weighted by Crippen LogP contribution is 2.29. The van der Waals surface area contributed by atoms with E-state index in [-0.39, 0.29) is 11.6 Å².